The number of methoxy groups -OCH3 is 1. The molecule has 4 nitrogen and oxygen atoms in total. The van der Waals surface area contributed by atoms with Gasteiger partial charge in [-0.2, -0.15) is 0 Å². The van der Waals surface area contributed by atoms with Crippen LogP contribution in [0.1, 0.15) is 31.9 Å². The van der Waals surface area contributed by atoms with Crippen molar-refractivity contribution in [3.63, 3.8) is 0 Å². The number of nitrogens with zero attached hydrogens (tertiary/aromatic N) is 2. The first kappa shape index (κ1) is 16.3. The second-order valence-electron chi connectivity index (χ2n) is 6.60. The molecule has 0 amide bonds. The summed E-state index contributed by atoms with van der Waals surface area (Å²) >= 11 is 0. The number of benzene rings is 1. The monoisotopic (exact) mass is 316 g/mol. The van der Waals surface area contributed by atoms with Crippen molar-refractivity contribution in [1.29, 1.82) is 0 Å². The molecule has 0 aliphatic carbocycles. The van der Waals surface area contributed by atoms with Crippen molar-refractivity contribution in [2.24, 2.45) is 0 Å². The first-order valence-electron chi connectivity index (χ1n) is 8.66. The summed E-state index contributed by atoms with van der Waals surface area (Å²) in [6, 6.07) is 6.88. The van der Waals surface area contributed by atoms with Crippen LogP contribution in [0.2, 0.25) is 0 Å². The Kier molecular flexibility index (Phi) is 5.23. The highest BCUT2D eigenvalue weighted by Crippen LogP contribution is 2.29. The molecule has 1 aromatic carbocycles. The molecular formula is C19H28N2O2. The molecule has 0 unspecified atom stereocenters. The number of aryl methyl sites for hydroxylation is 1. The SMILES string of the molecule is COc1ccc2c(c1)c(CCCN1CCOCC1)cn2C(C)C. The normalized spacial score (nSPS) is 16.3. The minimum absolute atomic E-state index is 0.471. The Morgan fingerprint density at radius 3 is 2.70 bits per heavy atom. The van der Waals surface area contributed by atoms with Crippen LogP contribution in [0.4, 0.5) is 0 Å². The number of aromatic nitrogens is 1. The molecule has 0 spiro atoms. The van der Waals surface area contributed by atoms with Gasteiger partial charge >= 0.3 is 0 Å². The number of ether oxygens (including phenoxy) is 2. The lowest BCUT2D eigenvalue weighted by atomic mass is 10.1. The molecule has 2 heterocycles. The minimum atomic E-state index is 0.471. The van der Waals surface area contributed by atoms with E-state index in [1.807, 2.05) is 0 Å². The number of morpholine rings is 1. The number of fused-ring (bicyclic) bond motifs is 1. The van der Waals surface area contributed by atoms with Gasteiger partial charge in [-0.3, -0.25) is 4.90 Å². The quantitative estimate of drug-likeness (QED) is 0.816. The highest BCUT2D eigenvalue weighted by Gasteiger charge is 2.13. The van der Waals surface area contributed by atoms with Crippen LogP contribution >= 0.6 is 0 Å². The molecule has 0 bridgehead atoms. The van der Waals surface area contributed by atoms with Gasteiger partial charge in [0.15, 0.2) is 0 Å². The summed E-state index contributed by atoms with van der Waals surface area (Å²) in [6.07, 6.45) is 4.63. The lowest BCUT2D eigenvalue weighted by molar-refractivity contribution is 0.0375. The van der Waals surface area contributed by atoms with Crippen LogP contribution in [-0.4, -0.2) is 49.4 Å². The number of hydrogen-bond donors (Lipinski definition) is 0. The maximum absolute atomic E-state index is 5.42. The van der Waals surface area contributed by atoms with Crippen molar-refractivity contribution in [2.45, 2.75) is 32.7 Å². The first-order chi connectivity index (χ1) is 11.2. The molecule has 1 saturated heterocycles. The Hall–Kier alpha value is -1.52. The van der Waals surface area contributed by atoms with E-state index >= 15 is 0 Å². The Labute approximate surface area is 139 Å². The summed E-state index contributed by atoms with van der Waals surface area (Å²) in [7, 11) is 1.73. The predicted octanol–water partition coefficient (Wildman–Crippen LogP) is 3.50. The lowest BCUT2D eigenvalue weighted by Gasteiger charge is -2.26. The van der Waals surface area contributed by atoms with Gasteiger partial charge in [-0.15, -0.1) is 0 Å². The molecule has 1 aliphatic rings. The summed E-state index contributed by atoms with van der Waals surface area (Å²) in [4.78, 5) is 2.51. The van der Waals surface area contributed by atoms with Gasteiger partial charge in [0.25, 0.3) is 0 Å². The minimum Gasteiger partial charge on any atom is -0.497 e. The Balaban J connectivity index is 1.75. The highest BCUT2D eigenvalue weighted by molar-refractivity contribution is 5.85. The van der Waals surface area contributed by atoms with Crippen LogP contribution in [0.5, 0.6) is 5.75 Å². The van der Waals surface area contributed by atoms with Crippen LogP contribution in [-0.2, 0) is 11.2 Å². The molecule has 0 saturated carbocycles. The topological polar surface area (TPSA) is 26.6 Å². The fourth-order valence-corrected chi connectivity index (χ4v) is 3.38. The second kappa shape index (κ2) is 7.37. The van der Waals surface area contributed by atoms with Crippen molar-refractivity contribution < 1.29 is 9.47 Å². The Morgan fingerprint density at radius 2 is 2.00 bits per heavy atom. The zero-order valence-electron chi connectivity index (χ0n) is 14.5. The van der Waals surface area contributed by atoms with Gasteiger partial charge in [-0.1, -0.05) is 0 Å². The van der Waals surface area contributed by atoms with E-state index < -0.39 is 0 Å². The third kappa shape index (κ3) is 3.70. The highest BCUT2D eigenvalue weighted by atomic mass is 16.5. The summed E-state index contributed by atoms with van der Waals surface area (Å²) in [5.41, 5.74) is 2.74. The van der Waals surface area contributed by atoms with Gasteiger partial charge in [0.2, 0.25) is 0 Å². The molecule has 0 N–H and O–H groups in total. The molecule has 23 heavy (non-hydrogen) atoms. The van der Waals surface area contributed by atoms with E-state index in [1.165, 1.54) is 22.9 Å². The fraction of sp³-hybridized carbons (Fsp3) is 0.579. The average Bonchev–Trinajstić information content (AvgIpc) is 2.94. The van der Waals surface area contributed by atoms with E-state index in [1.54, 1.807) is 7.11 Å². The van der Waals surface area contributed by atoms with Crippen molar-refractivity contribution >= 4 is 10.9 Å². The van der Waals surface area contributed by atoms with E-state index in [0.717, 1.165) is 45.0 Å². The number of hydrogen-bond acceptors (Lipinski definition) is 3. The van der Waals surface area contributed by atoms with Gasteiger partial charge in [-0.25, -0.2) is 0 Å². The summed E-state index contributed by atoms with van der Waals surface area (Å²) in [5.74, 6) is 0.938. The van der Waals surface area contributed by atoms with Crippen LogP contribution in [0.25, 0.3) is 10.9 Å². The smallest absolute Gasteiger partial charge is 0.119 e. The van der Waals surface area contributed by atoms with Crippen LogP contribution in [0, 0.1) is 0 Å². The average molecular weight is 316 g/mol. The molecule has 0 radical (unpaired) electrons. The van der Waals surface area contributed by atoms with Crippen LogP contribution in [0.3, 0.4) is 0 Å². The van der Waals surface area contributed by atoms with Crippen molar-refractivity contribution in [3.05, 3.63) is 30.0 Å². The van der Waals surface area contributed by atoms with Crippen LogP contribution < -0.4 is 4.74 Å². The van der Waals surface area contributed by atoms with E-state index in [-0.39, 0.29) is 0 Å². The molecule has 1 aliphatic heterocycles. The van der Waals surface area contributed by atoms with Crippen molar-refractivity contribution in [2.75, 3.05) is 40.0 Å². The molecule has 126 valence electrons. The van der Waals surface area contributed by atoms with Gasteiger partial charge in [0.1, 0.15) is 5.75 Å². The Morgan fingerprint density at radius 1 is 1.22 bits per heavy atom. The van der Waals surface area contributed by atoms with Crippen molar-refractivity contribution in [1.82, 2.24) is 9.47 Å². The van der Waals surface area contributed by atoms with Gasteiger partial charge in [0, 0.05) is 36.2 Å². The molecular weight excluding hydrogens is 288 g/mol. The predicted molar refractivity (Wildman–Crippen MR) is 94.5 cm³/mol. The molecule has 3 rings (SSSR count). The molecule has 0 atom stereocenters. The zero-order chi connectivity index (χ0) is 16.2. The summed E-state index contributed by atoms with van der Waals surface area (Å²) < 4.78 is 13.2. The van der Waals surface area contributed by atoms with Gasteiger partial charge in [0.05, 0.1) is 20.3 Å². The van der Waals surface area contributed by atoms with E-state index in [0.29, 0.717) is 6.04 Å². The maximum atomic E-state index is 5.42. The number of rotatable bonds is 6. The van der Waals surface area contributed by atoms with Gasteiger partial charge < -0.3 is 14.0 Å². The van der Waals surface area contributed by atoms with Gasteiger partial charge in [-0.05, 0) is 57.0 Å². The Bertz CT molecular complexity index is 642. The zero-order valence-corrected chi connectivity index (χ0v) is 14.5. The molecule has 2 aromatic rings. The lowest BCUT2D eigenvalue weighted by Crippen LogP contribution is -2.36. The first-order valence-corrected chi connectivity index (χ1v) is 8.66. The van der Waals surface area contributed by atoms with E-state index in [9.17, 15) is 0 Å². The standard InChI is InChI=1S/C19H28N2O2/c1-15(2)21-14-16(5-4-8-20-9-11-23-12-10-20)18-13-17(22-3)6-7-19(18)21/h6-7,13-15H,4-5,8-12H2,1-3H3. The second-order valence-corrected chi connectivity index (χ2v) is 6.60. The fourth-order valence-electron chi connectivity index (χ4n) is 3.38. The van der Waals surface area contributed by atoms with E-state index in [4.69, 9.17) is 9.47 Å². The maximum Gasteiger partial charge on any atom is 0.119 e. The molecule has 1 aromatic heterocycles. The van der Waals surface area contributed by atoms with Crippen LogP contribution in [0.15, 0.2) is 24.4 Å². The van der Waals surface area contributed by atoms with Crippen molar-refractivity contribution in [3.8, 4) is 5.75 Å². The largest absolute Gasteiger partial charge is 0.497 e. The third-order valence-corrected chi connectivity index (χ3v) is 4.70. The summed E-state index contributed by atoms with van der Waals surface area (Å²) in [6.45, 7) is 9.53. The molecule has 4 heteroatoms. The molecule has 1 fully saturated rings. The summed E-state index contributed by atoms with van der Waals surface area (Å²) in [5, 5.41) is 1.33. The third-order valence-electron chi connectivity index (χ3n) is 4.70. The van der Waals surface area contributed by atoms with E-state index in [2.05, 4.69) is 47.7 Å².